The predicted octanol–water partition coefficient (Wildman–Crippen LogP) is 2.39. The molecule has 0 radical (unpaired) electrons. The molecule has 0 amide bonds. The molecular formula is C14H23N3O. The first-order valence-corrected chi connectivity index (χ1v) is 6.87. The number of aryl methyl sites for hydroxylation is 1. The van der Waals surface area contributed by atoms with Crippen molar-refractivity contribution in [3.05, 3.63) is 23.8 Å². The maximum atomic E-state index is 5.64. The number of hydrogen-bond donors (Lipinski definition) is 1. The minimum Gasteiger partial charge on any atom is -0.378 e. The Labute approximate surface area is 109 Å². The van der Waals surface area contributed by atoms with E-state index < -0.39 is 0 Å². The second-order valence-electron chi connectivity index (χ2n) is 4.99. The highest BCUT2D eigenvalue weighted by Gasteiger charge is 2.16. The van der Waals surface area contributed by atoms with Crippen LogP contribution in [0.3, 0.4) is 0 Å². The van der Waals surface area contributed by atoms with Gasteiger partial charge in [-0.05, 0) is 46.1 Å². The quantitative estimate of drug-likeness (QED) is 0.841. The van der Waals surface area contributed by atoms with E-state index in [0.717, 1.165) is 30.8 Å². The van der Waals surface area contributed by atoms with Crippen LogP contribution in [0.2, 0.25) is 0 Å². The first-order valence-electron chi connectivity index (χ1n) is 6.87. The first kappa shape index (κ1) is 13.4. The Kier molecular flexibility index (Phi) is 5.08. The second kappa shape index (κ2) is 6.81. The molecule has 18 heavy (non-hydrogen) atoms. The lowest BCUT2D eigenvalue weighted by Gasteiger charge is -2.16. The van der Waals surface area contributed by atoms with Crippen molar-refractivity contribution in [3.63, 3.8) is 0 Å². The maximum absolute atomic E-state index is 5.64. The van der Waals surface area contributed by atoms with Crippen molar-refractivity contribution >= 4 is 0 Å². The zero-order valence-corrected chi connectivity index (χ0v) is 11.4. The zero-order chi connectivity index (χ0) is 12.8. The van der Waals surface area contributed by atoms with Gasteiger partial charge in [0.05, 0.1) is 29.7 Å². The van der Waals surface area contributed by atoms with Crippen LogP contribution in [0.15, 0.2) is 12.4 Å². The third-order valence-electron chi connectivity index (χ3n) is 3.55. The van der Waals surface area contributed by atoms with Crippen LogP contribution < -0.4 is 5.32 Å². The number of aromatic nitrogens is 2. The molecular weight excluding hydrogens is 226 g/mol. The van der Waals surface area contributed by atoms with Crippen molar-refractivity contribution in [2.75, 3.05) is 13.7 Å². The molecule has 0 saturated carbocycles. The third-order valence-corrected chi connectivity index (χ3v) is 3.55. The zero-order valence-electron chi connectivity index (χ0n) is 11.4. The van der Waals surface area contributed by atoms with Gasteiger partial charge in [0.1, 0.15) is 0 Å². The number of hydrogen-bond acceptors (Lipinski definition) is 4. The van der Waals surface area contributed by atoms with Crippen LogP contribution in [0.4, 0.5) is 0 Å². The van der Waals surface area contributed by atoms with Crippen LogP contribution >= 0.6 is 0 Å². The summed E-state index contributed by atoms with van der Waals surface area (Å²) >= 11 is 0. The Morgan fingerprint density at radius 3 is 2.94 bits per heavy atom. The third kappa shape index (κ3) is 3.75. The molecule has 1 aromatic heterocycles. The summed E-state index contributed by atoms with van der Waals surface area (Å²) in [6.07, 6.45) is 10.1. The van der Waals surface area contributed by atoms with Crippen molar-refractivity contribution in [1.29, 1.82) is 0 Å². The van der Waals surface area contributed by atoms with E-state index in [4.69, 9.17) is 4.74 Å². The van der Waals surface area contributed by atoms with Crippen LogP contribution in [-0.2, 0) is 4.74 Å². The fraction of sp³-hybridized carbons (Fsp3) is 0.714. The average molecular weight is 249 g/mol. The lowest BCUT2D eigenvalue weighted by Crippen LogP contribution is -2.18. The summed E-state index contributed by atoms with van der Waals surface area (Å²) in [6.45, 7) is 2.91. The number of rotatable bonds is 6. The standard InChI is InChI=1S/C14H23N3O/c1-11-9-17-14(10-16-11)13(15-2)7-3-5-12-6-4-8-18-12/h9-10,12-13,15H,3-8H2,1-2H3. The Bertz CT molecular complexity index is 347. The molecule has 1 saturated heterocycles. The highest BCUT2D eigenvalue weighted by Crippen LogP contribution is 2.21. The van der Waals surface area contributed by atoms with Gasteiger partial charge in [0, 0.05) is 12.8 Å². The first-order chi connectivity index (χ1) is 8.79. The van der Waals surface area contributed by atoms with E-state index in [2.05, 4.69) is 15.3 Å². The number of nitrogens with zero attached hydrogens (tertiary/aromatic N) is 2. The maximum Gasteiger partial charge on any atom is 0.0756 e. The van der Waals surface area contributed by atoms with E-state index in [0.29, 0.717) is 12.1 Å². The molecule has 1 aliphatic heterocycles. The highest BCUT2D eigenvalue weighted by atomic mass is 16.5. The van der Waals surface area contributed by atoms with Gasteiger partial charge in [0.15, 0.2) is 0 Å². The van der Waals surface area contributed by atoms with Crippen LogP contribution in [0.5, 0.6) is 0 Å². The molecule has 1 fully saturated rings. The van der Waals surface area contributed by atoms with E-state index in [-0.39, 0.29) is 0 Å². The van der Waals surface area contributed by atoms with Crippen LogP contribution in [0.1, 0.15) is 49.5 Å². The lowest BCUT2D eigenvalue weighted by atomic mass is 10.0. The van der Waals surface area contributed by atoms with Crippen molar-refractivity contribution in [1.82, 2.24) is 15.3 Å². The van der Waals surface area contributed by atoms with E-state index >= 15 is 0 Å². The van der Waals surface area contributed by atoms with Gasteiger partial charge in [-0.3, -0.25) is 9.97 Å². The highest BCUT2D eigenvalue weighted by molar-refractivity contribution is 5.05. The number of ether oxygens (including phenoxy) is 1. The molecule has 0 aliphatic carbocycles. The van der Waals surface area contributed by atoms with Gasteiger partial charge in [-0.25, -0.2) is 0 Å². The van der Waals surface area contributed by atoms with E-state index in [9.17, 15) is 0 Å². The molecule has 1 N–H and O–H groups in total. The van der Waals surface area contributed by atoms with Crippen LogP contribution in [0, 0.1) is 6.92 Å². The van der Waals surface area contributed by atoms with Gasteiger partial charge in [0.2, 0.25) is 0 Å². The normalized spacial score (nSPS) is 21.1. The summed E-state index contributed by atoms with van der Waals surface area (Å²) in [5.41, 5.74) is 2.00. The fourth-order valence-electron chi connectivity index (χ4n) is 2.44. The Morgan fingerprint density at radius 2 is 2.33 bits per heavy atom. The predicted molar refractivity (Wildman–Crippen MR) is 71.4 cm³/mol. The smallest absolute Gasteiger partial charge is 0.0756 e. The largest absolute Gasteiger partial charge is 0.378 e. The molecule has 0 bridgehead atoms. The van der Waals surface area contributed by atoms with E-state index in [1.807, 2.05) is 26.4 Å². The van der Waals surface area contributed by atoms with Gasteiger partial charge in [-0.15, -0.1) is 0 Å². The van der Waals surface area contributed by atoms with Gasteiger partial charge >= 0.3 is 0 Å². The molecule has 1 aromatic rings. The van der Waals surface area contributed by atoms with Crippen molar-refractivity contribution in [2.24, 2.45) is 0 Å². The Balaban J connectivity index is 1.79. The molecule has 2 unspecified atom stereocenters. The molecule has 2 rings (SSSR count). The minimum absolute atomic E-state index is 0.305. The molecule has 4 heteroatoms. The van der Waals surface area contributed by atoms with Gasteiger partial charge in [0.25, 0.3) is 0 Å². The van der Waals surface area contributed by atoms with Crippen molar-refractivity contribution in [3.8, 4) is 0 Å². The molecule has 0 aromatic carbocycles. The van der Waals surface area contributed by atoms with E-state index in [1.165, 1.54) is 19.3 Å². The number of nitrogens with one attached hydrogen (secondary N) is 1. The summed E-state index contributed by atoms with van der Waals surface area (Å²) in [7, 11) is 1.98. The van der Waals surface area contributed by atoms with Crippen molar-refractivity contribution < 1.29 is 4.74 Å². The summed E-state index contributed by atoms with van der Waals surface area (Å²) in [6, 6.07) is 0.305. The molecule has 0 spiro atoms. The molecule has 2 heterocycles. The molecule has 2 atom stereocenters. The Hall–Kier alpha value is -1.00. The molecule has 1 aliphatic rings. The summed E-state index contributed by atoms with van der Waals surface area (Å²) in [5, 5.41) is 3.32. The Morgan fingerprint density at radius 1 is 1.44 bits per heavy atom. The van der Waals surface area contributed by atoms with Crippen LogP contribution in [0.25, 0.3) is 0 Å². The fourth-order valence-corrected chi connectivity index (χ4v) is 2.44. The van der Waals surface area contributed by atoms with E-state index in [1.54, 1.807) is 0 Å². The van der Waals surface area contributed by atoms with Gasteiger partial charge in [-0.2, -0.15) is 0 Å². The summed E-state index contributed by atoms with van der Waals surface area (Å²) in [4.78, 5) is 8.75. The monoisotopic (exact) mass is 249 g/mol. The molecule has 100 valence electrons. The SMILES string of the molecule is CNC(CCCC1CCCO1)c1cnc(C)cn1. The minimum atomic E-state index is 0.305. The summed E-state index contributed by atoms with van der Waals surface area (Å²) < 4.78 is 5.64. The second-order valence-corrected chi connectivity index (χ2v) is 4.99. The molecule has 4 nitrogen and oxygen atoms in total. The van der Waals surface area contributed by atoms with Gasteiger partial charge in [-0.1, -0.05) is 0 Å². The van der Waals surface area contributed by atoms with Crippen molar-refractivity contribution in [2.45, 2.75) is 51.2 Å². The van der Waals surface area contributed by atoms with Gasteiger partial charge < -0.3 is 10.1 Å². The summed E-state index contributed by atoms with van der Waals surface area (Å²) in [5.74, 6) is 0. The van der Waals surface area contributed by atoms with Crippen LogP contribution in [-0.4, -0.2) is 29.7 Å². The lowest BCUT2D eigenvalue weighted by molar-refractivity contribution is 0.101. The topological polar surface area (TPSA) is 47.0 Å². The average Bonchev–Trinajstić information content (AvgIpc) is 2.89.